The van der Waals surface area contributed by atoms with Crippen LogP contribution in [0.3, 0.4) is 0 Å². The number of anilines is 1. The van der Waals surface area contributed by atoms with E-state index in [1.54, 1.807) is 12.1 Å². The first kappa shape index (κ1) is 21.0. The van der Waals surface area contributed by atoms with Crippen molar-refractivity contribution in [2.45, 2.75) is 19.9 Å². The summed E-state index contributed by atoms with van der Waals surface area (Å²) in [6.45, 7) is 7.45. The molecule has 1 atom stereocenters. The van der Waals surface area contributed by atoms with Crippen LogP contribution in [-0.4, -0.2) is 52.6 Å². The van der Waals surface area contributed by atoms with Crippen molar-refractivity contribution in [1.82, 2.24) is 14.9 Å². The van der Waals surface area contributed by atoms with E-state index in [0.717, 1.165) is 30.3 Å². The fourth-order valence-electron chi connectivity index (χ4n) is 3.68. The summed E-state index contributed by atoms with van der Waals surface area (Å²) in [6, 6.07) is 12.2. The molecule has 4 rings (SSSR count). The van der Waals surface area contributed by atoms with Crippen molar-refractivity contribution in [2.24, 2.45) is 0 Å². The second-order valence-electron chi connectivity index (χ2n) is 7.52. The van der Waals surface area contributed by atoms with Gasteiger partial charge in [0.1, 0.15) is 17.3 Å². The van der Waals surface area contributed by atoms with Crippen LogP contribution in [0.15, 0.2) is 46.9 Å². The highest BCUT2D eigenvalue weighted by Gasteiger charge is 2.25. The van der Waals surface area contributed by atoms with Gasteiger partial charge in [-0.3, -0.25) is 15.0 Å². The molecule has 31 heavy (non-hydrogen) atoms. The number of nitrogens with zero attached hydrogens (tertiary/aromatic N) is 4. The molecule has 2 aromatic heterocycles. The third-order valence-corrected chi connectivity index (χ3v) is 5.22. The van der Waals surface area contributed by atoms with Crippen molar-refractivity contribution in [2.75, 3.05) is 38.2 Å². The maximum atomic E-state index is 11.1. The molecular formula is C22H25N5O4. The number of nitro groups is 1. The van der Waals surface area contributed by atoms with E-state index >= 15 is 0 Å². The van der Waals surface area contributed by atoms with Crippen LogP contribution in [0.2, 0.25) is 0 Å². The predicted octanol–water partition coefficient (Wildman–Crippen LogP) is 3.75. The van der Waals surface area contributed by atoms with E-state index in [0.29, 0.717) is 37.0 Å². The average molecular weight is 423 g/mol. The molecule has 0 aliphatic carbocycles. The van der Waals surface area contributed by atoms with Crippen molar-refractivity contribution < 1.29 is 14.1 Å². The van der Waals surface area contributed by atoms with E-state index in [2.05, 4.69) is 20.2 Å². The number of hydrogen-bond donors (Lipinski definition) is 1. The van der Waals surface area contributed by atoms with Crippen molar-refractivity contribution >= 4 is 11.5 Å². The number of aromatic nitrogens is 2. The first-order valence-corrected chi connectivity index (χ1v) is 10.2. The van der Waals surface area contributed by atoms with Crippen molar-refractivity contribution in [3.05, 3.63) is 69.8 Å². The molecule has 3 heterocycles. The Hall–Kier alpha value is -3.30. The van der Waals surface area contributed by atoms with Gasteiger partial charge in [0.2, 0.25) is 0 Å². The van der Waals surface area contributed by atoms with Crippen LogP contribution in [0.1, 0.15) is 23.3 Å². The highest BCUT2D eigenvalue weighted by molar-refractivity contribution is 5.61. The van der Waals surface area contributed by atoms with Crippen molar-refractivity contribution in [3.8, 4) is 11.4 Å². The highest BCUT2D eigenvalue weighted by Crippen LogP contribution is 2.26. The van der Waals surface area contributed by atoms with Crippen LogP contribution in [0.5, 0.6) is 0 Å². The molecule has 0 radical (unpaired) electrons. The third kappa shape index (κ3) is 5.07. The fourth-order valence-corrected chi connectivity index (χ4v) is 3.68. The molecule has 162 valence electrons. The van der Waals surface area contributed by atoms with E-state index in [4.69, 9.17) is 9.15 Å². The number of nitrogens with one attached hydrogen (secondary N) is 1. The van der Waals surface area contributed by atoms with Gasteiger partial charge in [0, 0.05) is 49.1 Å². The van der Waals surface area contributed by atoms with Crippen LogP contribution in [0.25, 0.3) is 11.4 Å². The Morgan fingerprint density at radius 2 is 1.97 bits per heavy atom. The molecule has 1 aromatic carbocycles. The number of furan rings is 1. The second-order valence-corrected chi connectivity index (χ2v) is 7.52. The molecule has 1 fully saturated rings. The van der Waals surface area contributed by atoms with Gasteiger partial charge in [0.15, 0.2) is 5.82 Å². The lowest BCUT2D eigenvalue weighted by Crippen LogP contribution is -2.41. The number of nitro benzene ring substituents is 1. The van der Waals surface area contributed by atoms with Gasteiger partial charge in [0.25, 0.3) is 5.69 Å². The molecule has 0 amide bonds. The van der Waals surface area contributed by atoms with Crippen LogP contribution in [0, 0.1) is 24.0 Å². The van der Waals surface area contributed by atoms with Gasteiger partial charge in [-0.2, -0.15) is 0 Å². The second kappa shape index (κ2) is 9.23. The number of benzene rings is 1. The lowest BCUT2D eigenvalue weighted by Gasteiger charge is -2.33. The topological polar surface area (TPSA) is 107 Å². The number of non-ortho nitro benzene ring substituents is 1. The Bertz CT molecular complexity index is 1060. The third-order valence-electron chi connectivity index (χ3n) is 5.22. The molecule has 0 bridgehead atoms. The number of morpholine rings is 1. The molecule has 0 unspecified atom stereocenters. The summed E-state index contributed by atoms with van der Waals surface area (Å²) in [5, 5.41) is 14.5. The van der Waals surface area contributed by atoms with Crippen molar-refractivity contribution in [1.29, 1.82) is 0 Å². The average Bonchev–Trinajstić information content (AvgIpc) is 3.20. The fraction of sp³-hybridized carbons (Fsp3) is 0.364. The summed E-state index contributed by atoms with van der Waals surface area (Å²) in [6.07, 6.45) is 0. The van der Waals surface area contributed by atoms with E-state index in [-0.39, 0.29) is 11.7 Å². The molecule has 9 heteroatoms. The van der Waals surface area contributed by atoms with Crippen LogP contribution < -0.4 is 5.32 Å². The zero-order valence-corrected chi connectivity index (χ0v) is 17.6. The largest absolute Gasteiger partial charge is 0.465 e. The number of rotatable bonds is 7. The summed E-state index contributed by atoms with van der Waals surface area (Å²) in [5.41, 5.74) is 1.39. The summed E-state index contributed by atoms with van der Waals surface area (Å²) < 4.78 is 11.4. The molecule has 1 aliphatic heterocycles. The van der Waals surface area contributed by atoms with E-state index in [9.17, 15) is 10.1 Å². The Kier molecular flexibility index (Phi) is 6.24. The SMILES string of the molecule is Cc1cc(NC[C@H](c2ccc(C)o2)N2CCOCC2)nc(-c2cccc([N+](=O)[O-])c2)n1. The maximum Gasteiger partial charge on any atom is 0.270 e. The molecule has 9 nitrogen and oxygen atoms in total. The van der Waals surface area contributed by atoms with Gasteiger partial charge in [0.05, 0.1) is 24.2 Å². The van der Waals surface area contributed by atoms with Crippen LogP contribution in [-0.2, 0) is 4.74 Å². The molecular weight excluding hydrogens is 398 g/mol. The van der Waals surface area contributed by atoms with E-state index < -0.39 is 4.92 Å². The molecule has 1 N–H and O–H groups in total. The molecule has 3 aromatic rings. The summed E-state index contributed by atoms with van der Waals surface area (Å²) in [4.78, 5) is 22.1. The van der Waals surface area contributed by atoms with Gasteiger partial charge in [-0.25, -0.2) is 9.97 Å². The Labute approximate surface area is 180 Å². The molecule has 0 spiro atoms. The quantitative estimate of drug-likeness (QED) is 0.452. The van der Waals surface area contributed by atoms with E-state index in [1.165, 1.54) is 12.1 Å². The Morgan fingerprint density at radius 1 is 1.16 bits per heavy atom. The van der Waals surface area contributed by atoms with Crippen molar-refractivity contribution in [3.63, 3.8) is 0 Å². The standard InChI is InChI=1S/C22H25N5O4/c1-15-12-21(25-22(24-15)17-4-3-5-18(13-17)27(28)29)23-14-19(20-7-6-16(2)31-20)26-8-10-30-11-9-26/h3-7,12-13,19H,8-11,14H2,1-2H3,(H,23,24,25)/t19-/m1/s1. The van der Waals surface area contributed by atoms with Gasteiger partial charge in [-0.15, -0.1) is 0 Å². The predicted molar refractivity (Wildman–Crippen MR) is 116 cm³/mol. The number of hydrogen-bond acceptors (Lipinski definition) is 8. The smallest absolute Gasteiger partial charge is 0.270 e. The van der Waals surface area contributed by atoms with Gasteiger partial charge >= 0.3 is 0 Å². The normalized spacial score (nSPS) is 15.5. The summed E-state index contributed by atoms with van der Waals surface area (Å²) >= 11 is 0. The summed E-state index contributed by atoms with van der Waals surface area (Å²) in [5.74, 6) is 2.88. The summed E-state index contributed by atoms with van der Waals surface area (Å²) in [7, 11) is 0. The Balaban J connectivity index is 1.56. The monoisotopic (exact) mass is 423 g/mol. The maximum absolute atomic E-state index is 11.1. The molecule has 0 saturated carbocycles. The number of ether oxygens (including phenoxy) is 1. The minimum absolute atomic E-state index is 0.0117. The van der Waals surface area contributed by atoms with Gasteiger partial charge < -0.3 is 14.5 Å². The highest BCUT2D eigenvalue weighted by atomic mass is 16.6. The zero-order valence-electron chi connectivity index (χ0n) is 17.6. The lowest BCUT2D eigenvalue weighted by atomic mass is 10.1. The minimum Gasteiger partial charge on any atom is -0.465 e. The lowest BCUT2D eigenvalue weighted by molar-refractivity contribution is -0.384. The minimum atomic E-state index is -0.420. The number of aryl methyl sites for hydroxylation is 2. The van der Waals surface area contributed by atoms with Crippen LogP contribution in [0.4, 0.5) is 11.5 Å². The van der Waals surface area contributed by atoms with Gasteiger partial charge in [-0.05, 0) is 26.0 Å². The van der Waals surface area contributed by atoms with E-state index in [1.807, 2.05) is 32.0 Å². The van der Waals surface area contributed by atoms with Crippen LogP contribution >= 0.6 is 0 Å². The first-order valence-electron chi connectivity index (χ1n) is 10.2. The first-order chi connectivity index (χ1) is 15.0. The zero-order chi connectivity index (χ0) is 21.8. The molecule has 1 saturated heterocycles. The molecule has 1 aliphatic rings. The Morgan fingerprint density at radius 3 is 2.68 bits per heavy atom. The van der Waals surface area contributed by atoms with Gasteiger partial charge in [-0.1, -0.05) is 12.1 Å².